The lowest BCUT2D eigenvalue weighted by atomic mass is 10.2. The standard InChI is InChI=1S/C18H18N2O3S2.C4H6N2O3S2/c19-16-13-24-18(17(16)21)25(22,23)20(11-14-7-3-1-4-8-14)12-15-9-5-2-6-10-15;5-2-1-10-4(3(2)7)11(6,8)9/h1-10,13,21H,11-12,19H2;1,7H,5H2,(H2,6,8,9). The Labute approximate surface area is 217 Å². The number of sulfonamides is 2. The van der Waals surface area contributed by atoms with Crippen LogP contribution in [0.15, 0.2) is 79.8 Å². The largest absolute Gasteiger partial charge is 0.504 e. The van der Waals surface area contributed by atoms with Gasteiger partial charge in [-0.3, -0.25) is 0 Å². The van der Waals surface area contributed by atoms with Crippen LogP contribution in [-0.2, 0) is 33.1 Å². The summed E-state index contributed by atoms with van der Waals surface area (Å²) in [5, 5.41) is 26.5. The van der Waals surface area contributed by atoms with Gasteiger partial charge in [-0.2, -0.15) is 4.31 Å². The third-order valence-electron chi connectivity index (χ3n) is 4.76. The van der Waals surface area contributed by atoms with Crippen LogP contribution in [-0.4, -0.2) is 31.4 Å². The number of benzene rings is 2. The number of thiophene rings is 2. The summed E-state index contributed by atoms with van der Waals surface area (Å²) in [6, 6.07) is 18.7. The summed E-state index contributed by atoms with van der Waals surface area (Å²) in [5.74, 6) is -0.839. The minimum atomic E-state index is -3.89. The second-order valence-electron chi connectivity index (χ2n) is 7.44. The molecule has 10 nitrogen and oxygen atoms in total. The van der Waals surface area contributed by atoms with Gasteiger partial charge in [0.15, 0.2) is 19.9 Å². The Kier molecular flexibility index (Phi) is 8.60. The molecule has 0 spiro atoms. The average molecular weight is 569 g/mol. The SMILES string of the molecule is Nc1csc(S(=O)(=O)N(Cc2ccccc2)Cc2ccccc2)c1O.Nc1csc(S(N)(=O)=O)c1O. The number of nitrogens with two attached hydrogens (primary N) is 3. The first kappa shape index (κ1) is 27.4. The van der Waals surface area contributed by atoms with Crippen LogP contribution in [0.3, 0.4) is 0 Å². The normalized spacial score (nSPS) is 11.7. The Balaban J connectivity index is 0.000000275. The molecule has 0 fully saturated rings. The van der Waals surface area contributed by atoms with E-state index in [1.54, 1.807) is 0 Å². The molecule has 4 aromatic rings. The fourth-order valence-corrected chi connectivity index (χ4v) is 7.40. The fraction of sp³-hybridized carbons (Fsp3) is 0.0909. The molecular weight excluding hydrogens is 545 g/mol. The van der Waals surface area contributed by atoms with Crippen LogP contribution in [0.4, 0.5) is 11.4 Å². The Morgan fingerprint density at radius 3 is 1.39 bits per heavy atom. The highest BCUT2D eigenvalue weighted by molar-refractivity contribution is 7.91. The molecule has 0 radical (unpaired) electrons. The van der Waals surface area contributed by atoms with Gasteiger partial charge in [0, 0.05) is 23.8 Å². The Morgan fingerprint density at radius 2 is 1.08 bits per heavy atom. The van der Waals surface area contributed by atoms with Crippen LogP contribution in [0.5, 0.6) is 11.5 Å². The molecule has 0 aliphatic heterocycles. The second-order valence-corrected chi connectivity index (χ2v) is 13.1. The number of hydrogen-bond donors (Lipinski definition) is 5. The molecule has 2 aromatic carbocycles. The molecule has 0 unspecified atom stereocenters. The van der Waals surface area contributed by atoms with Gasteiger partial charge in [0.25, 0.3) is 20.0 Å². The summed E-state index contributed by atoms with van der Waals surface area (Å²) in [6.07, 6.45) is 0. The van der Waals surface area contributed by atoms with E-state index in [4.69, 9.17) is 21.7 Å². The highest BCUT2D eigenvalue weighted by atomic mass is 32.3. The highest BCUT2D eigenvalue weighted by Gasteiger charge is 2.30. The fourth-order valence-electron chi connectivity index (χ4n) is 2.99. The van der Waals surface area contributed by atoms with Gasteiger partial charge in [-0.05, 0) is 11.1 Å². The van der Waals surface area contributed by atoms with Crippen molar-refractivity contribution in [2.24, 2.45) is 5.14 Å². The predicted molar refractivity (Wildman–Crippen MR) is 141 cm³/mol. The molecule has 0 atom stereocenters. The van der Waals surface area contributed by atoms with E-state index >= 15 is 0 Å². The van der Waals surface area contributed by atoms with E-state index < -0.39 is 25.8 Å². The Morgan fingerprint density at radius 1 is 0.694 bits per heavy atom. The maximum atomic E-state index is 13.1. The zero-order chi connectivity index (χ0) is 26.5. The molecule has 2 aromatic heterocycles. The van der Waals surface area contributed by atoms with Gasteiger partial charge in [0.2, 0.25) is 0 Å². The molecule has 2 heterocycles. The van der Waals surface area contributed by atoms with Crippen LogP contribution in [0, 0.1) is 0 Å². The van der Waals surface area contributed by atoms with Crippen molar-refractivity contribution in [1.29, 1.82) is 0 Å². The molecule has 0 amide bonds. The lowest BCUT2D eigenvalue weighted by Crippen LogP contribution is -2.29. The maximum absolute atomic E-state index is 13.1. The van der Waals surface area contributed by atoms with Crippen molar-refractivity contribution >= 4 is 54.1 Å². The molecule has 14 heteroatoms. The van der Waals surface area contributed by atoms with Crippen LogP contribution in [0.25, 0.3) is 0 Å². The maximum Gasteiger partial charge on any atom is 0.256 e. The van der Waals surface area contributed by atoms with Crippen molar-refractivity contribution in [2.45, 2.75) is 21.5 Å². The summed E-state index contributed by atoms with van der Waals surface area (Å²) in [7, 11) is -7.71. The van der Waals surface area contributed by atoms with E-state index in [1.165, 1.54) is 15.1 Å². The Hall–Kier alpha value is -3.14. The Bertz CT molecular complexity index is 1480. The summed E-state index contributed by atoms with van der Waals surface area (Å²) >= 11 is 1.72. The van der Waals surface area contributed by atoms with E-state index in [2.05, 4.69) is 0 Å². The number of nitrogen functional groups attached to an aromatic ring is 2. The summed E-state index contributed by atoms with van der Waals surface area (Å²) in [6.45, 7) is 0.407. The van der Waals surface area contributed by atoms with Crippen molar-refractivity contribution in [3.8, 4) is 11.5 Å². The lowest BCUT2D eigenvalue weighted by molar-refractivity contribution is 0.397. The molecule has 8 N–H and O–H groups in total. The van der Waals surface area contributed by atoms with Crippen molar-refractivity contribution in [3.05, 3.63) is 82.6 Å². The van der Waals surface area contributed by atoms with Crippen molar-refractivity contribution in [3.63, 3.8) is 0 Å². The van der Waals surface area contributed by atoms with Gasteiger partial charge in [-0.1, -0.05) is 60.7 Å². The molecule has 192 valence electrons. The third-order valence-corrected chi connectivity index (χ3v) is 10.5. The number of primary sulfonamides is 1. The highest BCUT2D eigenvalue weighted by Crippen LogP contribution is 2.38. The molecular formula is C22H24N4O6S4. The second kappa shape index (κ2) is 11.3. The van der Waals surface area contributed by atoms with Crippen molar-refractivity contribution in [1.82, 2.24) is 4.31 Å². The van der Waals surface area contributed by atoms with E-state index in [0.717, 1.165) is 33.8 Å². The minimum absolute atomic E-state index is 0.0269. The molecule has 4 rings (SSSR count). The first-order valence-corrected chi connectivity index (χ1v) is 14.9. The van der Waals surface area contributed by atoms with Gasteiger partial charge in [-0.15, -0.1) is 22.7 Å². The summed E-state index contributed by atoms with van der Waals surface area (Å²) in [4.78, 5) is 0. The number of nitrogens with zero attached hydrogens (tertiary/aromatic N) is 1. The van der Waals surface area contributed by atoms with E-state index in [1.807, 2.05) is 60.7 Å². The van der Waals surface area contributed by atoms with Crippen molar-refractivity contribution < 1.29 is 27.0 Å². The lowest BCUT2D eigenvalue weighted by Gasteiger charge is -2.22. The van der Waals surface area contributed by atoms with Crippen LogP contribution in [0.2, 0.25) is 0 Å². The monoisotopic (exact) mass is 568 g/mol. The first-order chi connectivity index (χ1) is 16.9. The van der Waals surface area contributed by atoms with Crippen LogP contribution < -0.4 is 16.6 Å². The molecule has 0 aliphatic carbocycles. The number of rotatable bonds is 7. The number of anilines is 2. The zero-order valence-electron chi connectivity index (χ0n) is 18.7. The van der Waals surface area contributed by atoms with Crippen LogP contribution >= 0.6 is 22.7 Å². The molecule has 0 saturated carbocycles. The minimum Gasteiger partial charge on any atom is -0.504 e. The number of hydrogen-bond acceptors (Lipinski definition) is 10. The smallest absolute Gasteiger partial charge is 0.256 e. The van der Waals surface area contributed by atoms with Gasteiger partial charge in [0.05, 0.1) is 11.4 Å². The van der Waals surface area contributed by atoms with Gasteiger partial charge < -0.3 is 21.7 Å². The average Bonchev–Trinajstić information content (AvgIpc) is 3.36. The van der Waals surface area contributed by atoms with Gasteiger partial charge in [-0.25, -0.2) is 22.0 Å². The molecule has 0 bridgehead atoms. The molecule has 0 saturated heterocycles. The van der Waals surface area contributed by atoms with Gasteiger partial charge in [0.1, 0.15) is 0 Å². The van der Waals surface area contributed by atoms with Gasteiger partial charge >= 0.3 is 0 Å². The van der Waals surface area contributed by atoms with Crippen molar-refractivity contribution in [2.75, 3.05) is 11.5 Å². The molecule has 36 heavy (non-hydrogen) atoms. The quantitative estimate of drug-likeness (QED) is 0.225. The topological polar surface area (TPSA) is 190 Å². The molecule has 0 aliphatic rings. The zero-order valence-corrected chi connectivity index (χ0v) is 21.9. The number of aromatic hydroxyl groups is 2. The van der Waals surface area contributed by atoms with E-state index in [-0.39, 0.29) is 38.6 Å². The summed E-state index contributed by atoms with van der Waals surface area (Å²) in [5.41, 5.74) is 12.6. The van der Waals surface area contributed by atoms with E-state index in [0.29, 0.717) is 0 Å². The predicted octanol–water partition coefficient (Wildman–Crippen LogP) is 3.11. The summed E-state index contributed by atoms with van der Waals surface area (Å²) < 4.78 is 48.4. The van der Waals surface area contributed by atoms with Crippen LogP contribution in [0.1, 0.15) is 11.1 Å². The first-order valence-electron chi connectivity index (χ1n) is 10.1. The third kappa shape index (κ3) is 6.54. The van der Waals surface area contributed by atoms with E-state index in [9.17, 15) is 21.9 Å².